The predicted octanol–water partition coefficient (Wildman–Crippen LogP) is 2.30. The van der Waals surface area contributed by atoms with E-state index in [1.165, 1.54) is 0 Å². The zero-order valence-electron chi connectivity index (χ0n) is 12.6. The standard InChI is InChI=1S/C16H18BrN5O/c17-12-4-1-3-11(7-12)10-22-14-8-15(19-6-2-5-18)20-9-13(14)21-16(22)23/h1,3-4,7-9H,2,5-6,10,18H2,(H,19,20)(H,21,23). The lowest BCUT2D eigenvalue weighted by Crippen LogP contribution is -2.17. The van der Waals surface area contributed by atoms with Gasteiger partial charge in [0.15, 0.2) is 0 Å². The molecule has 0 bridgehead atoms. The molecule has 0 aliphatic heterocycles. The molecule has 0 unspecified atom stereocenters. The number of halogens is 1. The smallest absolute Gasteiger partial charge is 0.326 e. The van der Waals surface area contributed by atoms with Crippen molar-refractivity contribution in [2.24, 2.45) is 5.73 Å². The number of H-pyrrole nitrogens is 1. The molecular weight excluding hydrogens is 358 g/mol. The van der Waals surface area contributed by atoms with Crippen LogP contribution in [0.2, 0.25) is 0 Å². The second-order valence-corrected chi connectivity index (χ2v) is 6.22. The summed E-state index contributed by atoms with van der Waals surface area (Å²) in [6.07, 6.45) is 2.55. The van der Waals surface area contributed by atoms with Gasteiger partial charge < -0.3 is 16.0 Å². The van der Waals surface area contributed by atoms with E-state index < -0.39 is 0 Å². The number of benzene rings is 1. The van der Waals surface area contributed by atoms with Crippen molar-refractivity contribution in [2.45, 2.75) is 13.0 Å². The number of fused-ring (bicyclic) bond motifs is 1. The SMILES string of the molecule is NCCCNc1cc2c(cn1)[nH]c(=O)n2Cc1cccc(Br)c1. The molecule has 0 aliphatic rings. The van der Waals surface area contributed by atoms with Crippen molar-refractivity contribution in [3.8, 4) is 0 Å². The quantitative estimate of drug-likeness (QED) is 0.576. The van der Waals surface area contributed by atoms with Crippen LogP contribution in [0.25, 0.3) is 11.0 Å². The van der Waals surface area contributed by atoms with Gasteiger partial charge in [-0.2, -0.15) is 0 Å². The van der Waals surface area contributed by atoms with Crippen LogP contribution in [0.3, 0.4) is 0 Å². The fourth-order valence-electron chi connectivity index (χ4n) is 2.45. The fraction of sp³-hybridized carbons (Fsp3) is 0.250. The van der Waals surface area contributed by atoms with Crippen molar-refractivity contribution in [2.75, 3.05) is 18.4 Å². The number of hydrogen-bond acceptors (Lipinski definition) is 4. The molecule has 0 aliphatic carbocycles. The van der Waals surface area contributed by atoms with Gasteiger partial charge in [-0.3, -0.25) is 4.57 Å². The lowest BCUT2D eigenvalue weighted by atomic mass is 10.2. The highest BCUT2D eigenvalue weighted by molar-refractivity contribution is 9.10. The van der Waals surface area contributed by atoms with E-state index in [1.54, 1.807) is 10.8 Å². The van der Waals surface area contributed by atoms with Gasteiger partial charge in [0, 0.05) is 17.1 Å². The predicted molar refractivity (Wildman–Crippen MR) is 95.8 cm³/mol. The summed E-state index contributed by atoms with van der Waals surface area (Å²) in [5, 5.41) is 3.22. The molecule has 1 aromatic carbocycles. The topological polar surface area (TPSA) is 88.7 Å². The van der Waals surface area contributed by atoms with E-state index in [4.69, 9.17) is 5.73 Å². The van der Waals surface area contributed by atoms with Crippen LogP contribution in [-0.4, -0.2) is 27.6 Å². The third-order valence-corrected chi connectivity index (χ3v) is 4.07. The van der Waals surface area contributed by atoms with E-state index in [0.29, 0.717) is 13.1 Å². The van der Waals surface area contributed by atoms with Crippen molar-refractivity contribution in [1.29, 1.82) is 0 Å². The van der Waals surface area contributed by atoms with Gasteiger partial charge in [-0.1, -0.05) is 28.1 Å². The van der Waals surface area contributed by atoms with Crippen LogP contribution >= 0.6 is 15.9 Å². The first kappa shape index (κ1) is 15.8. The third kappa shape index (κ3) is 3.62. The Hall–Kier alpha value is -2.12. The molecule has 0 radical (unpaired) electrons. The van der Waals surface area contributed by atoms with Crippen molar-refractivity contribution in [1.82, 2.24) is 14.5 Å². The van der Waals surface area contributed by atoms with Crippen LogP contribution in [0.4, 0.5) is 5.82 Å². The van der Waals surface area contributed by atoms with Gasteiger partial charge in [-0.15, -0.1) is 0 Å². The summed E-state index contributed by atoms with van der Waals surface area (Å²) in [6.45, 7) is 1.90. The maximum Gasteiger partial charge on any atom is 0.326 e. The largest absolute Gasteiger partial charge is 0.370 e. The lowest BCUT2D eigenvalue weighted by molar-refractivity contribution is 0.786. The second kappa shape index (κ2) is 6.97. The molecule has 0 amide bonds. The molecule has 7 heteroatoms. The van der Waals surface area contributed by atoms with Gasteiger partial charge in [0.05, 0.1) is 23.8 Å². The minimum Gasteiger partial charge on any atom is -0.370 e. The number of anilines is 1. The molecule has 2 heterocycles. The summed E-state index contributed by atoms with van der Waals surface area (Å²) >= 11 is 3.46. The number of aromatic amines is 1. The number of pyridine rings is 1. The number of hydrogen-bond donors (Lipinski definition) is 3. The second-order valence-electron chi connectivity index (χ2n) is 5.30. The van der Waals surface area contributed by atoms with Crippen LogP contribution in [0.5, 0.6) is 0 Å². The molecule has 0 fully saturated rings. The monoisotopic (exact) mass is 375 g/mol. The first-order valence-electron chi connectivity index (χ1n) is 7.44. The Bertz CT molecular complexity index is 870. The average Bonchev–Trinajstić information content (AvgIpc) is 2.83. The first-order valence-corrected chi connectivity index (χ1v) is 8.23. The maximum absolute atomic E-state index is 12.2. The van der Waals surface area contributed by atoms with E-state index in [2.05, 4.69) is 31.2 Å². The van der Waals surface area contributed by atoms with Gasteiger partial charge in [-0.05, 0) is 30.7 Å². The molecule has 4 N–H and O–H groups in total. The Morgan fingerprint density at radius 1 is 1.35 bits per heavy atom. The van der Waals surface area contributed by atoms with Crippen molar-refractivity contribution in [3.05, 3.63) is 57.0 Å². The fourth-order valence-corrected chi connectivity index (χ4v) is 2.89. The molecule has 3 aromatic rings. The third-order valence-electron chi connectivity index (χ3n) is 3.58. The lowest BCUT2D eigenvalue weighted by Gasteiger charge is -2.07. The Labute approximate surface area is 141 Å². The Morgan fingerprint density at radius 2 is 2.22 bits per heavy atom. The highest BCUT2D eigenvalue weighted by Crippen LogP contribution is 2.17. The van der Waals surface area contributed by atoms with Crippen LogP contribution in [0.15, 0.2) is 45.8 Å². The average molecular weight is 376 g/mol. The summed E-state index contributed by atoms with van der Waals surface area (Å²) in [6, 6.07) is 9.82. The summed E-state index contributed by atoms with van der Waals surface area (Å²) < 4.78 is 2.71. The van der Waals surface area contributed by atoms with E-state index in [0.717, 1.165) is 39.9 Å². The number of nitrogens with two attached hydrogens (primary N) is 1. The van der Waals surface area contributed by atoms with Crippen molar-refractivity contribution >= 4 is 32.8 Å². The molecule has 0 spiro atoms. The van der Waals surface area contributed by atoms with Gasteiger partial charge in [0.25, 0.3) is 0 Å². The van der Waals surface area contributed by atoms with E-state index in [1.807, 2.05) is 30.3 Å². The Balaban J connectivity index is 1.93. The van der Waals surface area contributed by atoms with Gasteiger partial charge in [0.2, 0.25) is 0 Å². The number of aromatic nitrogens is 3. The molecular formula is C16H18BrN5O. The molecule has 0 saturated carbocycles. The van der Waals surface area contributed by atoms with E-state index >= 15 is 0 Å². The normalized spacial score (nSPS) is 11.0. The summed E-state index contributed by atoms with van der Waals surface area (Å²) in [5.41, 5.74) is 7.97. The molecule has 0 saturated heterocycles. The zero-order chi connectivity index (χ0) is 16.2. The zero-order valence-corrected chi connectivity index (χ0v) is 14.1. The molecule has 2 aromatic heterocycles. The summed E-state index contributed by atoms with van der Waals surface area (Å²) in [7, 11) is 0. The number of nitrogens with one attached hydrogen (secondary N) is 2. The first-order chi connectivity index (χ1) is 11.2. The van der Waals surface area contributed by atoms with E-state index in [-0.39, 0.29) is 5.69 Å². The van der Waals surface area contributed by atoms with Crippen LogP contribution in [-0.2, 0) is 6.54 Å². The van der Waals surface area contributed by atoms with Crippen LogP contribution < -0.4 is 16.7 Å². The van der Waals surface area contributed by atoms with Gasteiger partial charge in [0.1, 0.15) is 5.82 Å². The van der Waals surface area contributed by atoms with Gasteiger partial charge in [-0.25, -0.2) is 9.78 Å². The minimum atomic E-state index is -0.138. The number of imidazole rings is 1. The highest BCUT2D eigenvalue weighted by Gasteiger charge is 2.09. The molecule has 3 rings (SSSR count). The Kier molecular flexibility index (Phi) is 4.78. The molecule has 6 nitrogen and oxygen atoms in total. The van der Waals surface area contributed by atoms with Gasteiger partial charge >= 0.3 is 5.69 Å². The Morgan fingerprint density at radius 3 is 3.00 bits per heavy atom. The molecule has 120 valence electrons. The number of nitrogens with zero attached hydrogens (tertiary/aromatic N) is 2. The van der Waals surface area contributed by atoms with Crippen molar-refractivity contribution < 1.29 is 0 Å². The molecule has 23 heavy (non-hydrogen) atoms. The highest BCUT2D eigenvalue weighted by atomic mass is 79.9. The van der Waals surface area contributed by atoms with Crippen LogP contribution in [0, 0.1) is 0 Å². The van der Waals surface area contributed by atoms with Crippen LogP contribution in [0.1, 0.15) is 12.0 Å². The number of rotatable bonds is 6. The molecule has 0 atom stereocenters. The summed E-state index contributed by atoms with van der Waals surface area (Å²) in [5.74, 6) is 0.743. The maximum atomic E-state index is 12.2. The minimum absolute atomic E-state index is 0.138. The van der Waals surface area contributed by atoms with E-state index in [9.17, 15) is 4.79 Å². The van der Waals surface area contributed by atoms with Crippen molar-refractivity contribution in [3.63, 3.8) is 0 Å². The summed E-state index contributed by atoms with van der Waals surface area (Å²) in [4.78, 5) is 19.4.